The van der Waals surface area contributed by atoms with Crippen LogP contribution < -0.4 is 5.32 Å². The van der Waals surface area contributed by atoms with Gasteiger partial charge in [0.15, 0.2) is 5.78 Å². The molecule has 5 nitrogen and oxygen atoms in total. The fourth-order valence-electron chi connectivity index (χ4n) is 3.42. The molecule has 0 radical (unpaired) electrons. The summed E-state index contributed by atoms with van der Waals surface area (Å²) in [5, 5.41) is 2.93. The number of hydrogen-bond acceptors (Lipinski definition) is 4. The molecular formula is C23H35NO4. The normalized spacial score (nSPS) is 15.4. The van der Waals surface area contributed by atoms with E-state index in [0.717, 1.165) is 18.4 Å². The number of benzene rings is 1. The van der Waals surface area contributed by atoms with E-state index in [4.69, 9.17) is 4.74 Å². The number of ether oxygens (including phenoxy) is 1. The molecule has 0 saturated carbocycles. The molecule has 0 aliphatic heterocycles. The van der Waals surface area contributed by atoms with Crippen molar-refractivity contribution < 1.29 is 19.1 Å². The van der Waals surface area contributed by atoms with Crippen molar-refractivity contribution in [2.75, 3.05) is 6.61 Å². The molecule has 1 aromatic rings. The maximum atomic E-state index is 13.3. The fraction of sp³-hybridized carbons (Fsp3) is 0.609. The highest BCUT2D eigenvalue weighted by Crippen LogP contribution is 2.38. The van der Waals surface area contributed by atoms with Crippen molar-refractivity contribution in [1.82, 2.24) is 5.32 Å². The van der Waals surface area contributed by atoms with Crippen LogP contribution in [0.3, 0.4) is 0 Å². The zero-order valence-electron chi connectivity index (χ0n) is 18.1. The zero-order chi connectivity index (χ0) is 21.3. The first-order valence-electron chi connectivity index (χ1n) is 10.1. The van der Waals surface area contributed by atoms with Crippen LogP contribution in [0.1, 0.15) is 59.9 Å². The lowest BCUT2D eigenvalue weighted by Gasteiger charge is -2.39. The highest BCUT2D eigenvalue weighted by Gasteiger charge is 2.42. The largest absolute Gasteiger partial charge is 0.456 e. The third-order valence-corrected chi connectivity index (χ3v) is 5.72. The summed E-state index contributed by atoms with van der Waals surface area (Å²) >= 11 is 0. The van der Waals surface area contributed by atoms with E-state index in [1.165, 1.54) is 6.92 Å². The molecule has 0 spiro atoms. The number of nitrogens with one attached hydrogen (secondary N) is 1. The summed E-state index contributed by atoms with van der Waals surface area (Å²) in [5.74, 6) is -0.685. The minimum absolute atomic E-state index is 0.111. The first kappa shape index (κ1) is 23.9. The first-order chi connectivity index (χ1) is 13.1. The number of rotatable bonds is 11. The van der Waals surface area contributed by atoms with Gasteiger partial charge >= 0.3 is 5.97 Å². The minimum atomic E-state index is -0.832. The second kappa shape index (κ2) is 11.0. The summed E-state index contributed by atoms with van der Waals surface area (Å²) in [4.78, 5) is 37.1. The Balaban J connectivity index is 3.06. The molecule has 0 bridgehead atoms. The second-order valence-electron chi connectivity index (χ2n) is 8.15. The molecule has 0 aliphatic carbocycles. The van der Waals surface area contributed by atoms with Crippen molar-refractivity contribution in [3.63, 3.8) is 0 Å². The Bertz CT molecular complexity index is 656. The van der Waals surface area contributed by atoms with E-state index in [2.05, 4.69) is 19.2 Å². The van der Waals surface area contributed by atoms with Crippen LogP contribution in [-0.2, 0) is 25.5 Å². The molecule has 0 heterocycles. The number of carbonyl (C=O) groups is 3. The average Bonchev–Trinajstić information content (AvgIpc) is 2.65. The Hall–Kier alpha value is -2.17. The third-order valence-electron chi connectivity index (χ3n) is 5.72. The molecule has 0 saturated heterocycles. The van der Waals surface area contributed by atoms with E-state index >= 15 is 0 Å². The van der Waals surface area contributed by atoms with Crippen LogP contribution in [0.4, 0.5) is 0 Å². The van der Waals surface area contributed by atoms with Crippen LogP contribution >= 0.6 is 0 Å². The highest BCUT2D eigenvalue weighted by atomic mass is 16.5. The van der Waals surface area contributed by atoms with Gasteiger partial charge in [-0.25, -0.2) is 4.79 Å². The lowest BCUT2D eigenvalue weighted by Crippen LogP contribution is -2.53. The molecule has 3 atom stereocenters. The van der Waals surface area contributed by atoms with Crippen LogP contribution in [-0.4, -0.2) is 30.3 Å². The molecule has 0 aromatic heterocycles. The van der Waals surface area contributed by atoms with E-state index in [1.54, 1.807) is 0 Å². The molecule has 1 amide bonds. The van der Waals surface area contributed by atoms with E-state index < -0.39 is 17.4 Å². The maximum Gasteiger partial charge on any atom is 0.329 e. The lowest BCUT2D eigenvalue weighted by atomic mass is 9.67. The van der Waals surface area contributed by atoms with Gasteiger partial charge in [-0.05, 0) is 30.7 Å². The number of hydrogen-bond donors (Lipinski definition) is 1. The Morgan fingerprint density at radius 2 is 1.71 bits per heavy atom. The standard InChI is InChI=1S/C23H35NO4/c1-7-11-17(4)23(6,16(2)3)22(27)24-20(21(26)28-15-18(5)25)14-19-12-9-8-10-13-19/h8-10,12-13,16-17,20H,7,11,14-15H2,1-6H3,(H,24,27). The van der Waals surface area contributed by atoms with E-state index in [-0.39, 0.29) is 30.1 Å². The van der Waals surface area contributed by atoms with Crippen molar-refractivity contribution >= 4 is 17.7 Å². The predicted octanol–water partition coefficient (Wildman–Crippen LogP) is 3.94. The summed E-state index contributed by atoms with van der Waals surface area (Å²) in [7, 11) is 0. The van der Waals surface area contributed by atoms with Crippen LogP contribution in [0.25, 0.3) is 0 Å². The Morgan fingerprint density at radius 3 is 2.21 bits per heavy atom. The fourth-order valence-corrected chi connectivity index (χ4v) is 3.42. The van der Waals surface area contributed by atoms with E-state index in [0.29, 0.717) is 6.42 Å². The smallest absolute Gasteiger partial charge is 0.329 e. The molecule has 28 heavy (non-hydrogen) atoms. The SMILES string of the molecule is CCCC(C)C(C)(C(=O)NC(Cc1ccccc1)C(=O)OCC(C)=O)C(C)C. The van der Waals surface area contributed by atoms with Gasteiger partial charge in [0.2, 0.25) is 5.91 Å². The molecule has 0 fully saturated rings. The van der Waals surface area contributed by atoms with Gasteiger partial charge in [0.1, 0.15) is 12.6 Å². The van der Waals surface area contributed by atoms with Crippen LogP contribution in [0.2, 0.25) is 0 Å². The predicted molar refractivity (Wildman–Crippen MR) is 111 cm³/mol. The number of ketones is 1. The monoisotopic (exact) mass is 389 g/mol. The lowest BCUT2D eigenvalue weighted by molar-refractivity contribution is -0.152. The van der Waals surface area contributed by atoms with Crippen molar-refractivity contribution in [1.29, 1.82) is 0 Å². The Morgan fingerprint density at radius 1 is 1.11 bits per heavy atom. The molecule has 156 valence electrons. The molecule has 0 aliphatic rings. The van der Waals surface area contributed by atoms with Crippen molar-refractivity contribution in [3.8, 4) is 0 Å². The number of Topliss-reactive ketones (excluding diaryl/α,β-unsaturated/α-hetero) is 1. The van der Waals surface area contributed by atoms with Gasteiger partial charge in [0.25, 0.3) is 0 Å². The summed E-state index contributed by atoms with van der Waals surface area (Å²) in [6, 6.07) is 8.64. The highest BCUT2D eigenvalue weighted by molar-refractivity contribution is 5.89. The van der Waals surface area contributed by atoms with Gasteiger partial charge in [-0.1, -0.05) is 71.4 Å². The van der Waals surface area contributed by atoms with Crippen LogP contribution in [0.15, 0.2) is 30.3 Å². The summed E-state index contributed by atoms with van der Waals surface area (Å²) in [6.45, 7) is 11.3. The molecule has 1 N–H and O–H groups in total. The molecule has 3 unspecified atom stereocenters. The molecule has 1 aromatic carbocycles. The number of carbonyl (C=O) groups excluding carboxylic acids is 3. The van der Waals surface area contributed by atoms with Gasteiger partial charge in [-0.2, -0.15) is 0 Å². The minimum Gasteiger partial charge on any atom is -0.456 e. The summed E-state index contributed by atoms with van der Waals surface area (Å²) in [6.07, 6.45) is 2.24. The van der Waals surface area contributed by atoms with Gasteiger partial charge in [0.05, 0.1) is 5.41 Å². The Kier molecular flexibility index (Phi) is 9.36. The van der Waals surface area contributed by atoms with Gasteiger partial charge in [-0.15, -0.1) is 0 Å². The van der Waals surface area contributed by atoms with Crippen LogP contribution in [0.5, 0.6) is 0 Å². The van der Waals surface area contributed by atoms with Gasteiger partial charge in [0, 0.05) is 6.42 Å². The summed E-state index contributed by atoms with van der Waals surface area (Å²) < 4.78 is 5.12. The van der Waals surface area contributed by atoms with E-state index in [1.807, 2.05) is 51.1 Å². The van der Waals surface area contributed by atoms with Crippen molar-refractivity contribution in [2.24, 2.45) is 17.3 Å². The second-order valence-corrected chi connectivity index (χ2v) is 8.15. The topological polar surface area (TPSA) is 72.5 Å². The Labute approximate surface area is 169 Å². The summed E-state index contributed by atoms with van der Waals surface area (Å²) in [5.41, 5.74) is 0.312. The molecule has 1 rings (SSSR count). The quantitative estimate of drug-likeness (QED) is 0.582. The zero-order valence-corrected chi connectivity index (χ0v) is 18.1. The number of amides is 1. The average molecular weight is 390 g/mol. The van der Waals surface area contributed by atoms with Crippen LogP contribution in [0, 0.1) is 17.3 Å². The maximum absolute atomic E-state index is 13.3. The van der Waals surface area contributed by atoms with Gasteiger partial charge < -0.3 is 10.1 Å². The molecule has 5 heteroatoms. The first-order valence-corrected chi connectivity index (χ1v) is 10.1. The third kappa shape index (κ3) is 6.47. The van der Waals surface area contributed by atoms with Crippen molar-refractivity contribution in [2.45, 2.75) is 66.8 Å². The van der Waals surface area contributed by atoms with Gasteiger partial charge in [-0.3, -0.25) is 9.59 Å². The number of esters is 1. The van der Waals surface area contributed by atoms with Crippen molar-refractivity contribution in [3.05, 3.63) is 35.9 Å². The van der Waals surface area contributed by atoms with E-state index in [9.17, 15) is 14.4 Å². The molecular weight excluding hydrogens is 354 g/mol.